The molecule has 6 nitrogen and oxygen atoms in total. The number of ether oxygens (including phenoxy) is 3. The molecule has 1 atom stereocenters. The second kappa shape index (κ2) is 10.7. The van der Waals surface area contributed by atoms with Gasteiger partial charge in [-0.3, -0.25) is 4.79 Å². The van der Waals surface area contributed by atoms with Crippen LogP contribution >= 0.6 is 11.3 Å². The number of methoxy groups -OCH3 is 1. The molecule has 0 saturated heterocycles. The highest BCUT2D eigenvalue weighted by molar-refractivity contribution is 7.18. The van der Waals surface area contributed by atoms with Crippen molar-refractivity contribution in [1.82, 2.24) is 9.97 Å². The molecule has 0 unspecified atom stereocenters. The fourth-order valence-electron chi connectivity index (χ4n) is 4.67. The van der Waals surface area contributed by atoms with Crippen molar-refractivity contribution in [1.29, 1.82) is 0 Å². The molecular formula is C29H32N2O4S. The monoisotopic (exact) mass is 504 g/mol. The number of fused-ring (bicyclic) bond motifs is 3. The highest BCUT2D eigenvalue weighted by atomic mass is 32.1. The first kappa shape index (κ1) is 24.4. The van der Waals surface area contributed by atoms with Crippen LogP contribution in [0.2, 0.25) is 0 Å². The zero-order chi connectivity index (χ0) is 25.1. The Morgan fingerprint density at radius 1 is 1.03 bits per heavy atom. The molecule has 1 N–H and O–H groups in total. The largest absolute Gasteiger partial charge is 0.493 e. The minimum absolute atomic E-state index is 0.0666. The van der Waals surface area contributed by atoms with E-state index in [2.05, 4.69) is 31.0 Å². The number of nitrogens with one attached hydrogen (secondary N) is 1. The number of hydrogen-bond donors (Lipinski definition) is 1. The van der Waals surface area contributed by atoms with E-state index in [0.717, 1.165) is 47.2 Å². The third kappa shape index (κ3) is 4.98. The highest BCUT2D eigenvalue weighted by Crippen LogP contribution is 2.35. The van der Waals surface area contributed by atoms with Gasteiger partial charge in [-0.25, -0.2) is 4.98 Å². The van der Waals surface area contributed by atoms with E-state index in [1.807, 2.05) is 30.3 Å². The molecule has 0 spiro atoms. The molecule has 4 aromatic rings. The molecule has 36 heavy (non-hydrogen) atoms. The molecule has 2 heterocycles. The number of aromatic amines is 1. The Morgan fingerprint density at radius 3 is 2.58 bits per heavy atom. The Kier molecular flexibility index (Phi) is 7.28. The van der Waals surface area contributed by atoms with Crippen LogP contribution in [-0.4, -0.2) is 30.3 Å². The van der Waals surface area contributed by atoms with Gasteiger partial charge >= 0.3 is 0 Å². The van der Waals surface area contributed by atoms with Gasteiger partial charge in [-0.05, 0) is 79.5 Å². The maximum Gasteiger partial charge on any atom is 0.260 e. The van der Waals surface area contributed by atoms with Crippen LogP contribution in [0.15, 0.2) is 47.3 Å². The summed E-state index contributed by atoms with van der Waals surface area (Å²) in [6, 6.07) is 13.8. The van der Waals surface area contributed by atoms with Gasteiger partial charge in [-0.1, -0.05) is 26.0 Å². The van der Waals surface area contributed by atoms with Crippen LogP contribution in [0.25, 0.3) is 21.6 Å². The normalized spacial score (nSPS) is 13.9. The number of rotatable bonds is 9. The van der Waals surface area contributed by atoms with Gasteiger partial charge in [0, 0.05) is 10.4 Å². The van der Waals surface area contributed by atoms with Crippen molar-refractivity contribution in [2.75, 3.05) is 20.3 Å². The second-order valence-electron chi connectivity index (χ2n) is 9.25. The third-order valence-electron chi connectivity index (χ3n) is 6.93. The van der Waals surface area contributed by atoms with Gasteiger partial charge in [-0.15, -0.1) is 11.3 Å². The molecule has 0 fully saturated rings. The average Bonchev–Trinajstić information content (AvgIpc) is 3.30. The van der Waals surface area contributed by atoms with E-state index in [9.17, 15) is 4.79 Å². The lowest BCUT2D eigenvalue weighted by Crippen LogP contribution is -2.11. The van der Waals surface area contributed by atoms with Crippen LogP contribution < -0.4 is 19.8 Å². The van der Waals surface area contributed by atoms with Crippen molar-refractivity contribution in [3.05, 3.63) is 68.8 Å². The van der Waals surface area contributed by atoms with E-state index in [0.29, 0.717) is 36.5 Å². The number of H-pyrrole nitrogens is 1. The first-order chi connectivity index (χ1) is 17.6. The van der Waals surface area contributed by atoms with Gasteiger partial charge in [0.1, 0.15) is 29.6 Å². The van der Waals surface area contributed by atoms with Crippen LogP contribution in [0.3, 0.4) is 0 Å². The van der Waals surface area contributed by atoms with E-state index < -0.39 is 0 Å². The zero-order valence-corrected chi connectivity index (χ0v) is 21.9. The van der Waals surface area contributed by atoms with Gasteiger partial charge < -0.3 is 19.2 Å². The molecule has 188 valence electrons. The molecule has 0 saturated carbocycles. The van der Waals surface area contributed by atoms with Crippen molar-refractivity contribution in [2.45, 2.75) is 51.9 Å². The minimum atomic E-state index is -0.0666. The molecular weight excluding hydrogens is 472 g/mol. The van der Waals surface area contributed by atoms with Crippen molar-refractivity contribution in [3.63, 3.8) is 0 Å². The van der Waals surface area contributed by atoms with E-state index in [4.69, 9.17) is 19.2 Å². The van der Waals surface area contributed by atoms with Crippen molar-refractivity contribution in [3.8, 4) is 28.6 Å². The lowest BCUT2D eigenvalue weighted by Gasteiger charge is -2.13. The zero-order valence-electron chi connectivity index (χ0n) is 21.1. The summed E-state index contributed by atoms with van der Waals surface area (Å²) in [4.78, 5) is 22.8. The first-order valence-electron chi connectivity index (χ1n) is 12.7. The Labute approximate surface area is 215 Å². The molecule has 1 aliphatic carbocycles. The Balaban J connectivity index is 1.26. The highest BCUT2D eigenvalue weighted by Gasteiger charge is 2.20. The molecule has 5 rings (SSSR count). The Bertz CT molecular complexity index is 1410. The summed E-state index contributed by atoms with van der Waals surface area (Å²) in [7, 11) is 1.61. The van der Waals surface area contributed by atoms with Crippen molar-refractivity contribution >= 4 is 21.6 Å². The first-order valence-corrected chi connectivity index (χ1v) is 13.5. The van der Waals surface area contributed by atoms with Gasteiger partial charge in [0.25, 0.3) is 5.56 Å². The van der Waals surface area contributed by atoms with Crippen LogP contribution in [0.1, 0.15) is 55.0 Å². The molecule has 1 aliphatic rings. The quantitative estimate of drug-likeness (QED) is 0.263. The van der Waals surface area contributed by atoms with Gasteiger partial charge in [-0.2, -0.15) is 0 Å². The van der Waals surface area contributed by atoms with E-state index in [1.54, 1.807) is 18.4 Å². The van der Waals surface area contributed by atoms with Gasteiger partial charge in [0.15, 0.2) is 11.5 Å². The second-order valence-corrected chi connectivity index (χ2v) is 10.3. The molecule has 7 heteroatoms. The summed E-state index contributed by atoms with van der Waals surface area (Å²) < 4.78 is 17.3. The van der Waals surface area contributed by atoms with Crippen LogP contribution in [0, 0.1) is 0 Å². The number of thiophene rings is 1. The van der Waals surface area contributed by atoms with Gasteiger partial charge in [0.2, 0.25) is 0 Å². The summed E-state index contributed by atoms with van der Waals surface area (Å²) >= 11 is 1.65. The third-order valence-corrected chi connectivity index (χ3v) is 8.12. The van der Waals surface area contributed by atoms with Crippen LogP contribution in [0.4, 0.5) is 0 Å². The lowest BCUT2D eigenvalue weighted by molar-refractivity contribution is 0.211. The summed E-state index contributed by atoms with van der Waals surface area (Å²) in [6.07, 6.45) is 5.43. The summed E-state index contributed by atoms with van der Waals surface area (Å²) in [5, 5.41) is 0.764. The van der Waals surface area contributed by atoms with Crippen LogP contribution in [0.5, 0.6) is 17.2 Å². The lowest BCUT2D eigenvalue weighted by atomic mass is 9.97. The van der Waals surface area contributed by atoms with E-state index >= 15 is 0 Å². The summed E-state index contributed by atoms with van der Waals surface area (Å²) in [5.74, 6) is 3.11. The topological polar surface area (TPSA) is 73.4 Å². The molecule has 0 aliphatic heterocycles. The van der Waals surface area contributed by atoms with Crippen molar-refractivity contribution in [2.24, 2.45) is 0 Å². The van der Waals surface area contributed by atoms with E-state index in [-0.39, 0.29) is 5.56 Å². The molecule has 0 radical (unpaired) electrons. The predicted molar refractivity (Wildman–Crippen MR) is 145 cm³/mol. The smallest absolute Gasteiger partial charge is 0.260 e. The predicted octanol–water partition coefficient (Wildman–Crippen LogP) is 6.51. The average molecular weight is 505 g/mol. The number of aryl methyl sites for hydroxylation is 2. The number of aromatic nitrogens is 2. The molecule has 0 bridgehead atoms. The fraction of sp³-hybridized carbons (Fsp3) is 0.379. The van der Waals surface area contributed by atoms with E-state index in [1.165, 1.54) is 22.4 Å². The SMILES string of the molecule is CC[C@@H](C)c1ccc(OCCOc2ccc(-c3nc4sc5c(c4c(=O)[nH]3)CCCC5)cc2OC)cc1. The molecule has 2 aromatic heterocycles. The Hall–Kier alpha value is -3.32. The standard InChI is InChI=1S/C29H32N2O4S/c1-4-18(2)19-9-12-21(13-10-19)34-15-16-35-23-14-11-20(17-24(23)33-3)27-30-28(32)26-22-7-5-6-8-25(22)36-29(26)31-27/h9-14,17-18H,4-8,15-16H2,1-3H3,(H,30,31,32)/t18-/m1/s1. The minimum Gasteiger partial charge on any atom is -0.493 e. The molecule has 0 amide bonds. The number of hydrogen-bond acceptors (Lipinski definition) is 6. The Morgan fingerprint density at radius 2 is 1.81 bits per heavy atom. The van der Waals surface area contributed by atoms with Crippen molar-refractivity contribution < 1.29 is 14.2 Å². The summed E-state index contributed by atoms with van der Waals surface area (Å²) in [6.45, 7) is 5.22. The maximum absolute atomic E-state index is 12.9. The fourth-order valence-corrected chi connectivity index (χ4v) is 5.94. The number of benzene rings is 2. The molecule has 2 aromatic carbocycles. The van der Waals surface area contributed by atoms with Gasteiger partial charge in [0.05, 0.1) is 12.5 Å². The summed E-state index contributed by atoms with van der Waals surface area (Å²) in [5.41, 5.74) is 3.22. The van der Waals surface area contributed by atoms with Crippen LogP contribution in [-0.2, 0) is 12.8 Å². The maximum atomic E-state index is 12.9. The number of nitrogens with zero attached hydrogens (tertiary/aromatic N) is 1.